The molecule has 3 aromatic carbocycles. The Balaban J connectivity index is 1.17. The van der Waals surface area contributed by atoms with Crippen LogP contribution in [0.2, 0.25) is 0 Å². The van der Waals surface area contributed by atoms with Crippen LogP contribution in [0.5, 0.6) is 11.5 Å². The lowest BCUT2D eigenvalue weighted by atomic mass is 9.78. The first kappa shape index (κ1) is 23.9. The number of halogens is 2. The minimum atomic E-state index is -0.213. The van der Waals surface area contributed by atoms with E-state index in [0.717, 1.165) is 12.2 Å². The van der Waals surface area contributed by atoms with Crippen molar-refractivity contribution in [1.82, 2.24) is 0 Å². The molecule has 3 aliphatic rings. The highest BCUT2D eigenvalue weighted by Gasteiger charge is 2.66. The van der Waals surface area contributed by atoms with Crippen LogP contribution in [0.15, 0.2) is 78.9 Å². The predicted octanol–water partition coefficient (Wildman–Crippen LogP) is 7.09. The third-order valence-corrected chi connectivity index (χ3v) is 11.6. The zero-order valence-corrected chi connectivity index (χ0v) is 23.3. The molecule has 1 saturated heterocycles. The number of rotatable bonds is 5. The first-order chi connectivity index (χ1) is 17.3. The molecule has 2 bridgehead atoms. The molecule has 6 heteroatoms. The van der Waals surface area contributed by atoms with Gasteiger partial charge in [0.15, 0.2) is 0 Å². The molecule has 184 valence electrons. The maximum atomic E-state index is 13.3. The number of fused-ring (bicyclic) bond motifs is 5. The van der Waals surface area contributed by atoms with Gasteiger partial charge in [0, 0.05) is 15.1 Å². The van der Waals surface area contributed by atoms with E-state index >= 15 is 0 Å². The number of nitrogens with zero attached hydrogens (tertiary/aromatic N) is 1. The number of alkyl halides is 2. The second kappa shape index (κ2) is 8.84. The molecule has 36 heavy (non-hydrogen) atoms. The summed E-state index contributed by atoms with van der Waals surface area (Å²) in [7, 11) is 0. The highest BCUT2D eigenvalue weighted by atomic mass is 79.9. The number of benzene rings is 3. The Morgan fingerprint density at radius 2 is 1.19 bits per heavy atom. The van der Waals surface area contributed by atoms with Crippen LogP contribution in [0.1, 0.15) is 31.4 Å². The molecule has 4 nitrogen and oxygen atoms in total. The highest BCUT2D eigenvalue weighted by Crippen LogP contribution is 2.60. The topological polar surface area (TPSA) is 46.6 Å². The van der Waals surface area contributed by atoms with Crippen molar-refractivity contribution < 1.29 is 14.3 Å². The maximum Gasteiger partial charge on any atom is 0.238 e. The highest BCUT2D eigenvalue weighted by molar-refractivity contribution is 9.12. The van der Waals surface area contributed by atoms with Crippen LogP contribution < -0.4 is 9.64 Å². The standard InChI is InChI=1S/C30H27Br2NO3/c1-30(2,17-6-4-3-5-7-17)18-8-12-20(13-9-18)36-21-14-10-19(11-15-21)33-28(34)24-22-16-23(25(24)29(33)35)27(32)26(22)31/h3-15,22-27H,16H2,1-2H3/t22-,23-,24-,25-,26-,27+/m1/s1. The molecule has 0 N–H and O–H groups in total. The van der Waals surface area contributed by atoms with Crippen molar-refractivity contribution in [3.63, 3.8) is 0 Å². The van der Waals surface area contributed by atoms with E-state index in [1.54, 1.807) is 12.1 Å². The zero-order valence-electron chi connectivity index (χ0n) is 20.1. The van der Waals surface area contributed by atoms with Crippen molar-refractivity contribution in [2.24, 2.45) is 23.7 Å². The van der Waals surface area contributed by atoms with Gasteiger partial charge in [-0.2, -0.15) is 0 Å². The second-order valence-electron chi connectivity index (χ2n) is 10.6. The van der Waals surface area contributed by atoms with Crippen molar-refractivity contribution in [2.75, 3.05) is 4.90 Å². The largest absolute Gasteiger partial charge is 0.457 e. The lowest BCUT2D eigenvalue weighted by molar-refractivity contribution is -0.123. The third-order valence-electron chi connectivity index (χ3n) is 8.39. The molecule has 2 amide bonds. The first-order valence-electron chi connectivity index (χ1n) is 12.4. The van der Waals surface area contributed by atoms with E-state index in [1.165, 1.54) is 16.0 Å². The lowest BCUT2D eigenvalue weighted by Crippen LogP contribution is -2.37. The van der Waals surface area contributed by atoms with Crippen molar-refractivity contribution in [3.8, 4) is 11.5 Å². The van der Waals surface area contributed by atoms with Gasteiger partial charge in [0.25, 0.3) is 0 Å². The summed E-state index contributed by atoms with van der Waals surface area (Å²) in [6.45, 7) is 4.43. The molecule has 1 aliphatic heterocycles. The van der Waals surface area contributed by atoms with E-state index in [4.69, 9.17) is 4.74 Å². The number of hydrogen-bond donors (Lipinski definition) is 0. The molecule has 3 aromatic rings. The van der Waals surface area contributed by atoms with Crippen molar-refractivity contribution in [1.29, 1.82) is 0 Å². The van der Waals surface area contributed by atoms with Gasteiger partial charge in [0.05, 0.1) is 17.5 Å². The molecule has 0 aromatic heterocycles. The van der Waals surface area contributed by atoms with Gasteiger partial charge in [-0.1, -0.05) is 88.2 Å². The van der Waals surface area contributed by atoms with Crippen LogP contribution in [-0.2, 0) is 15.0 Å². The maximum absolute atomic E-state index is 13.3. The van der Waals surface area contributed by atoms with Crippen molar-refractivity contribution >= 4 is 49.4 Å². The normalized spacial score (nSPS) is 29.1. The molecule has 6 atom stereocenters. The van der Waals surface area contributed by atoms with Gasteiger partial charge >= 0.3 is 0 Å². The van der Waals surface area contributed by atoms with Crippen molar-refractivity contribution in [3.05, 3.63) is 90.0 Å². The van der Waals surface area contributed by atoms with E-state index in [0.29, 0.717) is 11.4 Å². The van der Waals surface area contributed by atoms with Gasteiger partial charge in [-0.3, -0.25) is 14.5 Å². The Hall–Kier alpha value is -2.44. The van der Waals surface area contributed by atoms with Crippen LogP contribution in [0.4, 0.5) is 5.69 Å². The molecule has 6 rings (SSSR count). The SMILES string of the molecule is CC(C)(c1ccccc1)c1ccc(Oc2ccc(N3C(=O)[C@@H]4[C@H]5C[C@@H]([C@@H](Br)[C@H]5Br)[C@H]4C3=O)cc2)cc1. The molecule has 1 heterocycles. The van der Waals surface area contributed by atoms with E-state index in [2.05, 4.69) is 82.1 Å². The van der Waals surface area contributed by atoms with E-state index in [9.17, 15) is 9.59 Å². The average Bonchev–Trinajstić information content (AvgIpc) is 3.50. The number of amides is 2. The van der Waals surface area contributed by atoms with Crippen LogP contribution in [0.3, 0.4) is 0 Å². The summed E-state index contributed by atoms with van der Waals surface area (Å²) < 4.78 is 6.07. The summed E-state index contributed by atoms with van der Waals surface area (Å²) >= 11 is 7.49. The predicted molar refractivity (Wildman–Crippen MR) is 148 cm³/mol. The number of ether oxygens (including phenoxy) is 1. The minimum absolute atomic E-state index is 0.0633. The van der Waals surface area contributed by atoms with E-state index in [1.807, 2.05) is 30.3 Å². The van der Waals surface area contributed by atoms with Gasteiger partial charge in [-0.05, 0) is 65.8 Å². The fourth-order valence-corrected chi connectivity index (χ4v) is 8.24. The number of hydrogen-bond acceptors (Lipinski definition) is 3. The molecule has 3 fully saturated rings. The Morgan fingerprint density at radius 3 is 1.72 bits per heavy atom. The number of carbonyl (C=O) groups is 2. The van der Waals surface area contributed by atoms with Gasteiger partial charge in [-0.15, -0.1) is 0 Å². The molecule has 0 unspecified atom stereocenters. The molecule has 2 aliphatic carbocycles. The second-order valence-corrected chi connectivity index (χ2v) is 12.7. The van der Waals surface area contributed by atoms with Crippen LogP contribution in [0, 0.1) is 23.7 Å². The Kier molecular flexibility index (Phi) is 5.88. The zero-order chi connectivity index (χ0) is 25.2. The number of carbonyl (C=O) groups excluding carboxylic acids is 2. The summed E-state index contributed by atoms with van der Waals surface area (Å²) in [4.78, 5) is 28.4. The van der Waals surface area contributed by atoms with Gasteiger partial charge in [0.2, 0.25) is 11.8 Å². The molecular formula is C30H27Br2NO3. The Morgan fingerprint density at radius 1 is 0.722 bits per heavy atom. The first-order valence-corrected chi connectivity index (χ1v) is 14.2. The summed E-state index contributed by atoms with van der Waals surface area (Å²) in [5.74, 6) is 1.27. The van der Waals surface area contributed by atoms with Crippen LogP contribution in [0.25, 0.3) is 0 Å². The van der Waals surface area contributed by atoms with Crippen molar-refractivity contribution in [2.45, 2.75) is 35.3 Å². The average molecular weight is 609 g/mol. The summed E-state index contributed by atoms with van der Waals surface area (Å²) in [5.41, 5.74) is 2.97. The van der Waals surface area contributed by atoms with Crippen LogP contribution >= 0.6 is 31.9 Å². The number of anilines is 1. The Labute approximate surface area is 228 Å². The van der Waals surface area contributed by atoms with E-state index < -0.39 is 0 Å². The molecule has 2 saturated carbocycles. The van der Waals surface area contributed by atoms with Gasteiger partial charge in [0.1, 0.15) is 11.5 Å². The lowest BCUT2D eigenvalue weighted by Gasteiger charge is -2.28. The third kappa shape index (κ3) is 3.67. The molecule has 0 spiro atoms. The van der Waals surface area contributed by atoms with Gasteiger partial charge < -0.3 is 4.74 Å². The van der Waals surface area contributed by atoms with Crippen LogP contribution in [-0.4, -0.2) is 21.5 Å². The molecule has 0 radical (unpaired) electrons. The van der Waals surface area contributed by atoms with Gasteiger partial charge in [-0.25, -0.2) is 0 Å². The Bertz CT molecular complexity index is 1270. The summed E-state index contributed by atoms with van der Waals surface area (Å²) in [6, 6.07) is 25.9. The van der Waals surface area contributed by atoms with E-state index in [-0.39, 0.29) is 50.6 Å². The smallest absolute Gasteiger partial charge is 0.238 e. The fourth-order valence-electron chi connectivity index (χ4n) is 6.36. The minimum Gasteiger partial charge on any atom is -0.457 e. The fraction of sp³-hybridized carbons (Fsp3) is 0.333. The summed E-state index contributed by atoms with van der Waals surface area (Å²) in [6.07, 6.45) is 0.931. The molecular weight excluding hydrogens is 582 g/mol. The quantitative estimate of drug-likeness (QED) is 0.229. The summed E-state index contributed by atoms with van der Waals surface area (Å²) in [5, 5.41) is 0. The monoisotopic (exact) mass is 607 g/mol. The number of imide groups is 1.